The fourth-order valence-electron chi connectivity index (χ4n) is 5.04. The fraction of sp³-hybridized carbons (Fsp3) is 1.00. The molecule has 0 aromatic carbocycles. The molecular formula is C15H24O5. The zero-order chi connectivity index (χ0) is 14.1. The molecule has 5 fully saturated rings. The SMILES string of the molecule is C[C@@H]1CC[C@H]2[C@@H](C)CO[C@@H]3O[C@@]4(C)C[C@@H](O)[C@@H]1[C@@]32OO4. The van der Waals surface area contributed by atoms with Gasteiger partial charge in [0.2, 0.25) is 5.79 Å². The fourth-order valence-corrected chi connectivity index (χ4v) is 5.04. The molecule has 5 aliphatic rings. The maximum Gasteiger partial charge on any atom is 0.204 e. The van der Waals surface area contributed by atoms with E-state index in [1.807, 2.05) is 6.92 Å². The van der Waals surface area contributed by atoms with Crippen LogP contribution in [-0.4, -0.2) is 35.5 Å². The van der Waals surface area contributed by atoms with Gasteiger partial charge in [-0.1, -0.05) is 13.8 Å². The summed E-state index contributed by atoms with van der Waals surface area (Å²) in [4.78, 5) is 11.6. The van der Waals surface area contributed by atoms with Gasteiger partial charge >= 0.3 is 0 Å². The summed E-state index contributed by atoms with van der Waals surface area (Å²) in [6.07, 6.45) is 1.73. The standard InChI is InChI=1S/C15H24O5/c1-8-4-5-10-9(2)7-17-13-15(10)12(8)11(16)6-14(3,18-13)19-20-15/h8-13,16H,4-7H2,1-3H3/t8-,9+,10+,11-,12-,13-,14-,15-/m1/s1. The van der Waals surface area contributed by atoms with Crippen molar-refractivity contribution in [3.63, 3.8) is 0 Å². The number of hydrogen-bond acceptors (Lipinski definition) is 5. The third-order valence-electron chi connectivity index (χ3n) is 5.93. The molecule has 2 bridgehead atoms. The molecule has 0 unspecified atom stereocenters. The second-order valence-electron chi connectivity index (χ2n) is 7.37. The Bertz CT molecular complexity index is 415. The highest BCUT2D eigenvalue weighted by Crippen LogP contribution is 2.59. The molecule has 0 aromatic heterocycles. The smallest absolute Gasteiger partial charge is 0.204 e. The molecule has 5 heteroatoms. The second kappa shape index (κ2) is 4.17. The summed E-state index contributed by atoms with van der Waals surface area (Å²) in [6, 6.07) is 0. The number of ether oxygens (including phenoxy) is 2. The van der Waals surface area contributed by atoms with Crippen LogP contribution in [0.5, 0.6) is 0 Å². The molecule has 1 N–H and O–H groups in total. The zero-order valence-corrected chi connectivity index (χ0v) is 12.4. The van der Waals surface area contributed by atoms with E-state index in [2.05, 4.69) is 13.8 Å². The minimum absolute atomic E-state index is 0.0123. The Morgan fingerprint density at radius 1 is 1.10 bits per heavy atom. The summed E-state index contributed by atoms with van der Waals surface area (Å²) in [5.41, 5.74) is -0.648. The molecule has 20 heavy (non-hydrogen) atoms. The van der Waals surface area contributed by atoms with Crippen LogP contribution in [0.15, 0.2) is 0 Å². The van der Waals surface area contributed by atoms with Crippen molar-refractivity contribution in [1.29, 1.82) is 0 Å². The highest BCUT2D eigenvalue weighted by Gasteiger charge is 2.70. The molecule has 4 aliphatic heterocycles. The van der Waals surface area contributed by atoms with Crippen LogP contribution in [0.3, 0.4) is 0 Å². The van der Waals surface area contributed by atoms with Gasteiger partial charge in [0.05, 0.1) is 12.7 Å². The van der Waals surface area contributed by atoms with Crippen molar-refractivity contribution >= 4 is 0 Å². The van der Waals surface area contributed by atoms with Gasteiger partial charge in [-0.15, -0.1) is 0 Å². The zero-order valence-electron chi connectivity index (χ0n) is 12.4. The molecule has 8 atom stereocenters. The Balaban J connectivity index is 1.85. The van der Waals surface area contributed by atoms with Crippen molar-refractivity contribution in [1.82, 2.24) is 0 Å². The molecule has 4 heterocycles. The van der Waals surface area contributed by atoms with Crippen molar-refractivity contribution in [2.24, 2.45) is 23.7 Å². The van der Waals surface area contributed by atoms with Crippen LogP contribution in [0.25, 0.3) is 0 Å². The molecule has 5 rings (SSSR count). The predicted octanol–water partition coefficient (Wildman–Crippen LogP) is 1.84. The van der Waals surface area contributed by atoms with Gasteiger partial charge in [-0.3, -0.25) is 0 Å². The molecule has 0 radical (unpaired) electrons. The minimum Gasteiger partial charge on any atom is -0.392 e. The van der Waals surface area contributed by atoms with Crippen LogP contribution < -0.4 is 0 Å². The Hall–Kier alpha value is -0.200. The third kappa shape index (κ3) is 1.56. The number of aliphatic hydroxyl groups excluding tert-OH is 1. The Morgan fingerprint density at radius 2 is 1.90 bits per heavy atom. The molecular weight excluding hydrogens is 260 g/mol. The molecule has 1 spiro atoms. The van der Waals surface area contributed by atoms with Crippen molar-refractivity contribution in [2.45, 2.75) is 63.8 Å². The highest BCUT2D eigenvalue weighted by molar-refractivity contribution is 5.10. The van der Waals surface area contributed by atoms with Crippen molar-refractivity contribution in [2.75, 3.05) is 6.61 Å². The van der Waals surface area contributed by atoms with Crippen LogP contribution in [0, 0.1) is 23.7 Å². The van der Waals surface area contributed by atoms with E-state index in [0.29, 0.717) is 30.8 Å². The van der Waals surface area contributed by atoms with Gasteiger partial charge in [-0.05, 0) is 31.6 Å². The Labute approximate surface area is 119 Å². The maximum atomic E-state index is 10.7. The van der Waals surface area contributed by atoms with Crippen molar-refractivity contribution in [3.05, 3.63) is 0 Å². The van der Waals surface area contributed by atoms with Gasteiger partial charge in [-0.2, -0.15) is 0 Å². The van der Waals surface area contributed by atoms with Crippen LogP contribution >= 0.6 is 0 Å². The first-order valence-electron chi connectivity index (χ1n) is 7.80. The number of hydrogen-bond donors (Lipinski definition) is 1. The molecule has 0 aromatic rings. The van der Waals surface area contributed by atoms with Crippen LogP contribution in [0.1, 0.15) is 40.0 Å². The van der Waals surface area contributed by atoms with Crippen LogP contribution in [-0.2, 0) is 19.2 Å². The molecule has 0 amide bonds. The quantitative estimate of drug-likeness (QED) is 0.688. The number of fused-ring (bicyclic) bond motifs is 2. The summed E-state index contributed by atoms with van der Waals surface area (Å²) in [5, 5.41) is 10.7. The number of aliphatic hydroxyl groups is 1. The molecule has 4 saturated heterocycles. The first-order valence-corrected chi connectivity index (χ1v) is 7.80. The van der Waals surface area contributed by atoms with E-state index >= 15 is 0 Å². The summed E-state index contributed by atoms with van der Waals surface area (Å²) >= 11 is 0. The normalized spacial score (nSPS) is 61.8. The second-order valence-corrected chi connectivity index (χ2v) is 7.37. The maximum absolute atomic E-state index is 10.7. The van der Waals surface area contributed by atoms with Gasteiger partial charge in [0.15, 0.2) is 11.9 Å². The lowest BCUT2D eigenvalue weighted by molar-refractivity contribution is -0.567. The monoisotopic (exact) mass is 284 g/mol. The van der Waals surface area contributed by atoms with Gasteiger partial charge in [0.1, 0.15) is 0 Å². The van der Waals surface area contributed by atoms with Gasteiger partial charge in [0.25, 0.3) is 0 Å². The first kappa shape index (κ1) is 13.5. The lowest BCUT2D eigenvalue weighted by Crippen LogP contribution is -2.69. The average Bonchev–Trinajstić information content (AvgIpc) is 2.56. The first-order chi connectivity index (χ1) is 9.46. The van der Waals surface area contributed by atoms with E-state index < -0.39 is 23.8 Å². The molecule has 5 nitrogen and oxygen atoms in total. The van der Waals surface area contributed by atoms with Gasteiger partial charge in [0, 0.05) is 18.3 Å². The van der Waals surface area contributed by atoms with E-state index in [-0.39, 0.29) is 5.92 Å². The van der Waals surface area contributed by atoms with E-state index in [0.717, 1.165) is 12.8 Å². The lowest BCUT2D eigenvalue weighted by atomic mass is 9.58. The topological polar surface area (TPSA) is 57.2 Å². The third-order valence-corrected chi connectivity index (χ3v) is 5.93. The number of rotatable bonds is 0. The predicted molar refractivity (Wildman–Crippen MR) is 69.3 cm³/mol. The minimum atomic E-state index is -0.905. The van der Waals surface area contributed by atoms with Crippen molar-refractivity contribution in [3.8, 4) is 0 Å². The van der Waals surface area contributed by atoms with E-state index in [4.69, 9.17) is 19.2 Å². The molecule has 114 valence electrons. The van der Waals surface area contributed by atoms with E-state index in [1.165, 1.54) is 0 Å². The lowest BCUT2D eigenvalue weighted by Gasteiger charge is -2.59. The Kier molecular flexibility index (Phi) is 2.81. The van der Waals surface area contributed by atoms with Gasteiger partial charge in [-0.25, -0.2) is 9.78 Å². The summed E-state index contributed by atoms with van der Waals surface area (Å²) < 4.78 is 12.0. The average molecular weight is 284 g/mol. The molecule has 1 aliphatic carbocycles. The van der Waals surface area contributed by atoms with Crippen molar-refractivity contribution < 1.29 is 24.4 Å². The van der Waals surface area contributed by atoms with Gasteiger partial charge < -0.3 is 14.6 Å². The summed E-state index contributed by atoms with van der Waals surface area (Å²) in [6.45, 7) is 6.89. The van der Waals surface area contributed by atoms with E-state index in [9.17, 15) is 5.11 Å². The highest BCUT2D eigenvalue weighted by atomic mass is 17.3. The van der Waals surface area contributed by atoms with Crippen LogP contribution in [0.2, 0.25) is 0 Å². The Morgan fingerprint density at radius 3 is 2.70 bits per heavy atom. The van der Waals surface area contributed by atoms with E-state index in [1.54, 1.807) is 0 Å². The van der Waals surface area contributed by atoms with Crippen LogP contribution in [0.4, 0.5) is 0 Å². The molecule has 1 saturated carbocycles. The summed E-state index contributed by atoms with van der Waals surface area (Å²) in [7, 11) is 0. The summed E-state index contributed by atoms with van der Waals surface area (Å²) in [5.74, 6) is 0.198. The largest absolute Gasteiger partial charge is 0.392 e.